The second kappa shape index (κ2) is 7.55. The van der Waals surface area contributed by atoms with Crippen LogP contribution in [0.5, 0.6) is 0 Å². The van der Waals surface area contributed by atoms with Crippen LogP contribution in [0.1, 0.15) is 59.2 Å². The van der Waals surface area contributed by atoms with Crippen LogP contribution in [-0.2, 0) is 13.5 Å². The Hall–Kier alpha value is -3.00. The van der Waals surface area contributed by atoms with E-state index in [2.05, 4.69) is 20.7 Å². The summed E-state index contributed by atoms with van der Waals surface area (Å²) in [5.41, 5.74) is 3.25. The van der Waals surface area contributed by atoms with Gasteiger partial charge in [-0.15, -0.1) is 5.10 Å². The topological polar surface area (TPSA) is 97.9 Å². The predicted octanol–water partition coefficient (Wildman–Crippen LogP) is 1.79. The van der Waals surface area contributed by atoms with Crippen molar-refractivity contribution >= 4 is 5.91 Å². The smallest absolute Gasteiger partial charge is 0.255 e. The summed E-state index contributed by atoms with van der Waals surface area (Å²) < 4.78 is 3.51. The molecule has 28 heavy (non-hydrogen) atoms. The Bertz CT molecular complexity index is 958. The van der Waals surface area contributed by atoms with Crippen molar-refractivity contribution in [1.82, 2.24) is 30.1 Å². The normalized spacial score (nSPS) is 19.8. The number of aryl methyl sites for hydroxylation is 1. The fraction of sp³-hybridized carbons (Fsp3) is 0.400. The molecule has 1 amide bonds. The molecule has 1 unspecified atom stereocenters. The van der Waals surface area contributed by atoms with Gasteiger partial charge in [0.1, 0.15) is 5.69 Å². The van der Waals surface area contributed by atoms with Gasteiger partial charge < -0.3 is 10.4 Å². The summed E-state index contributed by atoms with van der Waals surface area (Å²) in [4.78, 5) is 12.9. The highest BCUT2D eigenvalue weighted by Gasteiger charge is 2.30. The summed E-state index contributed by atoms with van der Waals surface area (Å²) in [6.45, 7) is 1.88. The molecule has 8 nitrogen and oxygen atoms in total. The molecule has 146 valence electrons. The molecular weight excluding hydrogens is 356 g/mol. The standard InChI is InChI=1S/C20H24N6O2/c1-13(18-12-26(24-23-18)15-9-16(27)10-15)22-20(28)17-11-21-25(2)19(17)8-14-6-4-3-5-7-14/h3-7,11-13,15-16,27H,8-10H2,1-2H3,(H,22,28). The third-order valence-corrected chi connectivity index (χ3v) is 5.30. The molecule has 1 atom stereocenters. The molecule has 2 aromatic heterocycles. The molecule has 0 saturated heterocycles. The number of nitrogens with one attached hydrogen (secondary N) is 1. The molecule has 8 heteroatoms. The molecule has 1 aliphatic rings. The number of aliphatic hydroxyl groups is 1. The zero-order valence-electron chi connectivity index (χ0n) is 16.0. The number of carbonyl (C=O) groups excluding carboxylic acids is 1. The van der Waals surface area contributed by atoms with Gasteiger partial charge in [-0.3, -0.25) is 9.48 Å². The molecule has 0 spiro atoms. The molecule has 2 N–H and O–H groups in total. The van der Waals surface area contributed by atoms with E-state index in [0.29, 0.717) is 30.5 Å². The molecular formula is C20H24N6O2. The van der Waals surface area contributed by atoms with E-state index >= 15 is 0 Å². The van der Waals surface area contributed by atoms with Gasteiger partial charge in [0.25, 0.3) is 5.91 Å². The van der Waals surface area contributed by atoms with Gasteiger partial charge in [-0.1, -0.05) is 35.5 Å². The van der Waals surface area contributed by atoms with Gasteiger partial charge in [0.05, 0.1) is 41.8 Å². The number of aliphatic hydroxyl groups excluding tert-OH is 1. The van der Waals surface area contributed by atoms with Gasteiger partial charge >= 0.3 is 0 Å². The lowest BCUT2D eigenvalue weighted by atomic mass is 9.90. The van der Waals surface area contributed by atoms with Gasteiger partial charge in [0, 0.05) is 13.5 Å². The van der Waals surface area contributed by atoms with E-state index in [9.17, 15) is 9.90 Å². The number of hydrogen-bond donors (Lipinski definition) is 2. The minimum absolute atomic E-state index is 0.180. The maximum Gasteiger partial charge on any atom is 0.255 e. The number of nitrogens with zero attached hydrogens (tertiary/aromatic N) is 5. The molecule has 4 rings (SSSR count). The van der Waals surface area contributed by atoms with Crippen molar-refractivity contribution in [3.63, 3.8) is 0 Å². The first-order valence-corrected chi connectivity index (χ1v) is 9.46. The van der Waals surface area contributed by atoms with E-state index in [1.165, 1.54) is 0 Å². The lowest BCUT2D eigenvalue weighted by molar-refractivity contribution is 0.0426. The predicted molar refractivity (Wildman–Crippen MR) is 103 cm³/mol. The second-order valence-corrected chi connectivity index (χ2v) is 7.39. The summed E-state index contributed by atoms with van der Waals surface area (Å²) in [5.74, 6) is -0.180. The molecule has 3 aromatic rings. The molecule has 1 aromatic carbocycles. The third kappa shape index (κ3) is 3.68. The van der Waals surface area contributed by atoms with Gasteiger partial charge in [-0.05, 0) is 25.3 Å². The number of carbonyl (C=O) groups is 1. The quantitative estimate of drug-likeness (QED) is 0.679. The van der Waals surface area contributed by atoms with E-state index in [-0.39, 0.29) is 24.1 Å². The SMILES string of the molecule is CC(NC(=O)c1cnn(C)c1Cc1ccccc1)c1cn(C2CC(O)C2)nn1. The van der Waals surface area contributed by atoms with Gasteiger partial charge in [-0.2, -0.15) is 5.10 Å². The minimum atomic E-state index is -0.281. The third-order valence-electron chi connectivity index (χ3n) is 5.30. The molecule has 1 fully saturated rings. The Labute approximate surface area is 163 Å². The highest BCUT2D eigenvalue weighted by atomic mass is 16.3. The lowest BCUT2D eigenvalue weighted by Gasteiger charge is -2.30. The highest BCUT2D eigenvalue weighted by molar-refractivity contribution is 5.95. The van der Waals surface area contributed by atoms with Crippen LogP contribution < -0.4 is 5.32 Å². The summed E-state index contributed by atoms with van der Waals surface area (Å²) in [7, 11) is 1.84. The van der Waals surface area contributed by atoms with E-state index in [1.807, 2.05) is 50.5 Å². The first-order chi connectivity index (χ1) is 13.5. The monoisotopic (exact) mass is 380 g/mol. The average molecular weight is 380 g/mol. The number of amides is 1. The van der Waals surface area contributed by atoms with Gasteiger partial charge in [0.2, 0.25) is 0 Å². The largest absolute Gasteiger partial charge is 0.393 e. The maximum absolute atomic E-state index is 12.9. The zero-order chi connectivity index (χ0) is 19.7. The average Bonchev–Trinajstić information content (AvgIpc) is 3.28. The second-order valence-electron chi connectivity index (χ2n) is 7.39. The van der Waals surface area contributed by atoms with E-state index in [1.54, 1.807) is 15.6 Å². The summed E-state index contributed by atoms with van der Waals surface area (Å²) >= 11 is 0. The summed E-state index contributed by atoms with van der Waals surface area (Å²) in [6, 6.07) is 9.92. The number of benzene rings is 1. The van der Waals surface area contributed by atoms with Crippen LogP contribution in [0.4, 0.5) is 0 Å². The molecule has 2 heterocycles. The molecule has 0 radical (unpaired) electrons. The van der Waals surface area contributed by atoms with E-state index < -0.39 is 0 Å². The molecule has 1 saturated carbocycles. The van der Waals surface area contributed by atoms with Crippen molar-refractivity contribution in [3.8, 4) is 0 Å². The van der Waals surface area contributed by atoms with Crippen LogP contribution in [0.2, 0.25) is 0 Å². The van der Waals surface area contributed by atoms with Crippen molar-refractivity contribution < 1.29 is 9.90 Å². The minimum Gasteiger partial charge on any atom is -0.393 e. The van der Waals surface area contributed by atoms with Crippen LogP contribution in [0.3, 0.4) is 0 Å². The first kappa shape index (κ1) is 18.4. The van der Waals surface area contributed by atoms with Crippen molar-refractivity contribution in [3.05, 3.63) is 65.2 Å². The van der Waals surface area contributed by atoms with Gasteiger partial charge in [0.15, 0.2) is 0 Å². The number of hydrogen-bond acceptors (Lipinski definition) is 5. The van der Waals surface area contributed by atoms with E-state index in [4.69, 9.17) is 0 Å². The first-order valence-electron chi connectivity index (χ1n) is 9.46. The fourth-order valence-electron chi connectivity index (χ4n) is 3.44. The van der Waals surface area contributed by atoms with Gasteiger partial charge in [-0.25, -0.2) is 4.68 Å². The highest BCUT2D eigenvalue weighted by Crippen LogP contribution is 2.31. The van der Waals surface area contributed by atoms with Crippen LogP contribution in [0, 0.1) is 0 Å². The zero-order valence-corrected chi connectivity index (χ0v) is 16.0. The summed E-state index contributed by atoms with van der Waals surface area (Å²) in [6.07, 6.45) is 5.23. The van der Waals surface area contributed by atoms with Crippen LogP contribution in [-0.4, -0.2) is 41.9 Å². The Morgan fingerprint density at radius 3 is 2.79 bits per heavy atom. The Morgan fingerprint density at radius 1 is 1.32 bits per heavy atom. The van der Waals surface area contributed by atoms with Crippen molar-refractivity contribution in [2.45, 2.75) is 44.4 Å². The Balaban J connectivity index is 1.45. The Morgan fingerprint density at radius 2 is 2.07 bits per heavy atom. The Kier molecular flexibility index (Phi) is 4.95. The fourth-order valence-corrected chi connectivity index (χ4v) is 3.44. The van der Waals surface area contributed by atoms with Crippen LogP contribution in [0.25, 0.3) is 0 Å². The van der Waals surface area contributed by atoms with E-state index in [0.717, 1.165) is 11.3 Å². The molecule has 0 aliphatic heterocycles. The van der Waals surface area contributed by atoms with Crippen LogP contribution >= 0.6 is 0 Å². The maximum atomic E-state index is 12.9. The lowest BCUT2D eigenvalue weighted by Crippen LogP contribution is -2.31. The van der Waals surface area contributed by atoms with Crippen molar-refractivity contribution in [2.24, 2.45) is 7.05 Å². The van der Waals surface area contributed by atoms with Crippen molar-refractivity contribution in [2.75, 3.05) is 0 Å². The van der Waals surface area contributed by atoms with Crippen LogP contribution in [0.15, 0.2) is 42.7 Å². The number of aromatic nitrogens is 5. The van der Waals surface area contributed by atoms with Crippen molar-refractivity contribution in [1.29, 1.82) is 0 Å². The molecule has 0 bridgehead atoms. The molecule has 1 aliphatic carbocycles. The number of rotatable bonds is 6. The summed E-state index contributed by atoms with van der Waals surface area (Å²) in [5, 5.41) is 25.0.